The minimum atomic E-state index is -0.162. The van der Waals surface area contributed by atoms with Crippen molar-refractivity contribution in [3.05, 3.63) is 46.1 Å². The Morgan fingerprint density at radius 1 is 0.825 bits per heavy atom. The van der Waals surface area contributed by atoms with Crippen molar-refractivity contribution >= 4 is 33.8 Å². The predicted octanol–water partition coefficient (Wildman–Crippen LogP) is 5.40. The Morgan fingerprint density at radius 2 is 1.40 bits per heavy atom. The molecule has 2 aliphatic rings. The first-order valence-corrected chi connectivity index (χ1v) is 14.6. The van der Waals surface area contributed by atoms with E-state index in [9.17, 15) is 14.4 Å². The molecule has 2 fully saturated rings. The van der Waals surface area contributed by atoms with Gasteiger partial charge in [-0.05, 0) is 68.7 Å². The molecule has 2 aliphatic carbocycles. The zero-order chi connectivity index (χ0) is 28.2. The fourth-order valence-electron chi connectivity index (χ4n) is 6.11. The van der Waals surface area contributed by atoms with Crippen LogP contribution in [0.15, 0.2) is 39.5 Å². The molecule has 40 heavy (non-hydrogen) atoms. The Balaban J connectivity index is 1.27. The molecule has 3 aromatic rings. The van der Waals surface area contributed by atoms with Crippen LogP contribution in [0.1, 0.15) is 70.8 Å². The second-order valence-corrected chi connectivity index (χ2v) is 11.6. The van der Waals surface area contributed by atoms with Gasteiger partial charge >= 0.3 is 0 Å². The summed E-state index contributed by atoms with van der Waals surface area (Å²) in [5.41, 5.74) is 1.24. The van der Waals surface area contributed by atoms with Gasteiger partial charge in [0.05, 0.1) is 10.8 Å². The van der Waals surface area contributed by atoms with Gasteiger partial charge < -0.3 is 24.5 Å². The molecule has 1 aromatic heterocycles. The molecule has 0 aliphatic heterocycles. The maximum atomic E-state index is 13.2. The first kappa shape index (κ1) is 28.0. The molecule has 8 heteroatoms. The Morgan fingerprint density at radius 3 is 2.02 bits per heavy atom. The second-order valence-electron chi connectivity index (χ2n) is 11.6. The number of benzene rings is 2. The zero-order valence-corrected chi connectivity index (χ0v) is 23.7. The average Bonchev–Trinajstić information content (AvgIpc) is 2.94. The molecule has 1 heterocycles. The molecule has 2 N–H and O–H groups in total. The van der Waals surface area contributed by atoms with Crippen LogP contribution in [0.4, 0.5) is 0 Å². The predicted molar refractivity (Wildman–Crippen MR) is 155 cm³/mol. The van der Waals surface area contributed by atoms with E-state index in [1.807, 2.05) is 6.92 Å². The highest BCUT2D eigenvalue weighted by Gasteiger charge is 2.24. The lowest BCUT2D eigenvalue weighted by molar-refractivity contribution is -0.125. The highest BCUT2D eigenvalue weighted by Crippen LogP contribution is 2.30. The summed E-state index contributed by atoms with van der Waals surface area (Å²) in [5, 5.41) is 7.05. The molecule has 5 rings (SSSR count). The van der Waals surface area contributed by atoms with E-state index in [-0.39, 0.29) is 42.5 Å². The van der Waals surface area contributed by atoms with Gasteiger partial charge in [0.2, 0.25) is 5.43 Å². The Hall–Kier alpha value is -3.55. The van der Waals surface area contributed by atoms with E-state index in [1.54, 1.807) is 30.3 Å². The smallest absolute Gasteiger partial charge is 0.258 e. The molecule has 8 nitrogen and oxygen atoms in total. The summed E-state index contributed by atoms with van der Waals surface area (Å²) in [5.74, 6) is 1.56. The second kappa shape index (κ2) is 12.3. The topological polar surface area (TPSA) is 107 Å². The maximum Gasteiger partial charge on any atom is 0.258 e. The van der Waals surface area contributed by atoms with Crippen molar-refractivity contribution in [2.45, 2.75) is 84.2 Å². The van der Waals surface area contributed by atoms with E-state index in [0.717, 1.165) is 38.5 Å². The largest absolute Gasteiger partial charge is 0.484 e. The average molecular weight is 549 g/mol. The fourth-order valence-corrected chi connectivity index (χ4v) is 6.11. The molecule has 2 amide bonds. The molecule has 0 radical (unpaired) electrons. The van der Waals surface area contributed by atoms with E-state index < -0.39 is 0 Å². The van der Waals surface area contributed by atoms with Gasteiger partial charge in [-0.2, -0.15) is 0 Å². The van der Waals surface area contributed by atoms with Crippen LogP contribution in [-0.4, -0.2) is 37.1 Å². The summed E-state index contributed by atoms with van der Waals surface area (Å²) in [7, 11) is 0. The molecule has 4 unspecified atom stereocenters. The quantitative estimate of drug-likeness (QED) is 0.365. The first-order chi connectivity index (χ1) is 19.3. The molecule has 0 spiro atoms. The van der Waals surface area contributed by atoms with Crippen molar-refractivity contribution in [2.24, 2.45) is 11.8 Å². The highest BCUT2D eigenvalue weighted by molar-refractivity contribution is 5.92. The van der Waals surface area contributed by atoms with Crippen LogP contribution in [0, 0.1) is 18.8 Å². The minimum Gasteiger partial charge on any atom is -0.484 e. The Labute approximate surface area is 234 Å². The van der Waals surface area contributed by atoms with E-state index in [0.29, 0.717) is 50.8 Å². The SMILES string of the molecule is Cc1c(OCC(=O)NC2CCCCC2C)ccc2c(=O)c3ccc(OCC(=O)NC4CCCCC4C)cc3oc12. The number of hydrogen-bond donors (Lipinski definition) is 2. The molecular formula is C32H40N2O6. The standard InChI is InChI=1S/C32H40N2O6/c1-19-8-4-6-10-25(19)33-29(35)17-38-22-12-13-23-28(16-22)40-32-21(3)27(15-14-24(32)31(23)37)39-18-30(36)34-26-11-7-5-9-20(26)2/h12-16,19-20,25-26H,4-11,17-18H2,1-3H3,(H,33,35)(H,34,36). The van der Waals surface area contributed by atoms with Crippen molar-refractivity contribution < 1.29 is 23.5 Å². The summed E-state index contributed by atoms with van der Waals surface area (Å²) >= 11 is 0. The van der Waals surface area contributed by atoms with Crippen molar-refractivity contribution in [2.75, 3.05) is 13.2 Å². The van der Waals surface area contributed by atoms with Crippen LogP contribution in [0.5, 0.6) is 11.5 Å². The molecule has 0 bridgehead atoms. The lowest BCUT2D eigenvalue weighted by atomic mass is 9.86. The highest BCUT2D eigenvalue weighted by atomic mass is 16.5. The summed E-state index contributed by atoms with van der Waals surface area (Å²) in [6.07, 6.45) is 8.93. The van der Waals surface area contributed by atoms with Gasteiger partial charge in [-0.15, -0.1) is 0 Å². The van der Waals surface area contributed by atoms with Crippen LogP contribution >= 0.6 is 0 Å². The Bertz CT molecular complexity index is 1450. The van der Waals surface area contributed by atoms with Crippen LogP contribution in [-0.2, 0) is 9.59 Å². The lowest BCUT2D eigenvalue weighted by Gasteiger charge is -2.29. The van der Waals surface area contributed by atoms with E-state index in [4.69, 9.17) is 13.9 Å². The number of amides is 2. The summed E-state index contributed by atoms with van der Waals surface area (Å²) in [6.45, 7) is 5.95. The number of carbonyl (C=O) groups excluding carboxylic acids is 2. The van der Waals surface area contributed by atoms with Crippen molar-refractivity contribution in [3.8, 4) is 11.5 Å². The van der Waals surface area contributed by atoms with Gasteiger partial charge in [0.15, 0.2) is 13.2 Å². The molecule has 0 saturated heterocycles. The van der Waals surface area contributed by atoms with Crippen molar-refractivity contribution in [3.63, 3.8) is 0 Å². The maximum absolute atomic E-state index is 13.2. The summed E-state index contributed by atoms with van der Waals surface area (Å²) in [4.78, 5) is 38.3. The number of rotatable bonds is 8. The molecule has 4 atom stereocenters. The Kier molecular flexibility index (Phi) is 8.62. The molecule has 214 valence electrons. The van der Waals surface area contributed by atoms with Gasteiger partial charge in [0, 0.05) is 23.7 Å². The van der Waals surface area contributed by atoms with E-state index >= 15 is 0 Å². The van der Waals surface area contributed by atoms with Crippen LogP contribution in [0.3, 0.4) is 0 Å². The lowest BCUT2D eigenvalue weighted by Crippen LogP contribution is -2.43. The third-order valence-electron chi connectivity index (χ3n) is 8.65. The van der Waals surface area contributed by atoms with Crippen molar-refractivity contribution in [1.82, 2.24) is 10.6 Å². The number of nitrogens with one attached hydrogen (secondary N) is 2. The van der Waals surface area contributed by atoms with E-state index in [1.165, 1.54) is 12.8 Å². The number of carbonyl (C=O) groups is 2. The zero-order valence-electron chi connectivity index (χ0n) is 23.7. The van der Waals surface area contributed by atoms with Gasteiger partial charge in [-0.3, -0.25) is 14.4 Å². The fraction of sp³-hybridized carbons (Fsp3) is 0.531. The van der Waals surface area contributed by atoms with Crippen LogP contribution < -0.4 is 25.5 Å². The third kappa shape index (κ3) is 6.26. The summed E-state index contributed by atoms with van der Waals surface area (Å²) < 4.78 is 17.8. The van der Waals surface area contributed by atoms with Crippen molar-refractivity contribution in [1.29, 1.82) is 0 Å². The van der Waals surface area contributed by atoms with Gasteiger partial charge in [-0.1, -0.05) is 39.5 Å². The number of ether oxygens (including phenoxy) is 2. The number of aryl methyl sites for hydroxylation is 1. The number of hydrogen-bond acceptors (Lipinski definition) is 6. The van der Waals surface area contributed by atoms with E-state index in [2.05, 4.69) is 24.5 Å². The molecular weight excluding hydrogens is 508 g/mol. The van der Waals surface area contributed by atoms with Gasteiger partial charge in [0.1, 0.15) is 22.7 Å². The number of fused-ring (bicyclic) bond motifs is 2. The molecule has 2 saturated carbocycles. The minimum absolute atomic E-state index is 0.104. The van der Waals surface area contributed by atoms with Crippen LogP contribution in [0.2, 0.25) is 0 Å². The first-order valence-electron chi connectivity index (χ1n) is 14.6. The van der Waals surface area contributed by atoms with Gasteiger partial charge in [0.25, 0.3) is 11.8 Å². The molecule has 2 aromatic carbocycles. The van der Waals surface area contributed by atoms with Crippen LogP contribution in [0.25, 0.3) is 21.9 Å². The summed E-state index contributed by atoms with van der Waals surface area (Å²) in [6, 6.07) is 8.73. The third-order valence-corrected chi connectivity index (χ3v) is 8.65. The monoisotopic (exact) mass is 548 g/mol. The van der Waals surface area contributed by atoms with Gasteiger partial charge in [-0.25, -0.2) is 0 Å². The normalized spacial score (nSPS) is 23.1.